The van der Waals surface area contributed by atoms with Crippen LogP contribution in [0.2, 0.25) is 0 Å². The van der Waals surface area contributed by atoms with E-state index in [-0.39, 0.29) is 0 Å². The summed E-state index contributed by atoms with van der Waals surface area (Å²) in [5.74, 6) is 0.612. The number of hydrogen-bond acceptors (Lipinski definition) is 0. The number of fused-ring (bicyclic) bond motifs is 1. The standard InChI is InChI=1S/C9H7Cl/c10-6-7-1-2-8-3-4-9(8)5-7/h1-5H,6H2. The van der Waals surface area contributed by atoms with Crippen LogP contribution in [0.1, 0.15) is 16.7 Å². The zero-order valence-corrected chi connectivity index (χ0v) is 6.23. The number of rotatable bonds is 1. The van der Waals surface area contributed by atoms with Gasteiger partial charge in [0.2, 0.25) is 0 Å². The van der Waals surface area contributed by atoms with Gasteiger partial charge >= 0.3 is 0 Å². The lowest BCUT2D eigenvalue weighted by atomic mass is 9.96. The molecule has 2 rings (SSSR count). The summed E-state index contributed by atoms with van der Waals surface area (Å²) in [7, 11) is 0. The molecule has 0 spiro atoms. The lowest BCUT2D eigenvalue weighted by Crippen LogP contribution is -1.90. The normalized spacial score (nSPS) is 12.5. The molecule has 0 saturated heterocycles. The average molecular weight is 151 g/mol. The van der Waals surface area contributed by atoms with Crippen LogP contribution < -0.4 is 0 Å². The molecular formula is C9H7Cl. The van der Waals surface area contributed by atoms with E-state index >= 15 is 0 Å². The zero-order valence-electron chi connectivity index (χ0n) is 5.47. The van der Waals surface area contributed by atoms with Gasteiger partial charge in [-0.25, -0.2) is 0 Å². The molecule has 50 valence electrons. The Labute approximate surface area is 65.1 Å². The van der Waals surface area contributed by atoms with E-state index in [1.54, 1.807) is 0 Å². The van der Waals surface area contributed by atoms with Crippen molar-refractivity contribution in [3.63, 3.8) is 0 Å². The minimum atomic E-state index is 0.612. The third-order valence-corrected chi connectivity index (χ3v) is 2.06. The fraction of sp³-hybridized carbons (Fsp3) is 0.111. The minimum Gasteiger partial charge on any atom is -0.122 e. The molecule has 0 unspecified atom stereocenters. The second kappa shape index (κ2) is 2.14. The number of benzene rings is 1. The van der Waals surface area contributed by atoms with Crippen molar-refractivity contribution in [1.29, 1.82) is 0 Å². The summed E-state index contributed by atoms with van der Waals surface area (Å²) in [6, 6.07) is 6.30. The van der Waals surface area contributed by atoms with E-state index in [2.05, 4.69) is 30.4 Å². The van der Waals surface area contributed by atoms with Crippen LogP contribution >= 0.6 is 11.6 Å². The van der Waals surface area contributed by atoms with Gasteiger partial charge < -0.3 is 0 Å². The van der Waals surface area contributed by atoms with Crippen LogP contribution in [0.25, 0.3) is 12.2 Å². The first-order valence-electron chi connectivity index (χ1n) is 3.27. The number of hydrogen-bond donors (Lipinski definition) is 0. The number of halogens is 1. The Bertz CT molecular complexity index is 287. The molecule has 0 fully saturated rings. The maximum Gasteiger partial charge on any atom is 0.0474 e. The highest BCUT2D eigenvalue weighted by atomic mass is 35.5. The first kappa shape index (κ1) is 5.99. The molecule has 1 aromatic carbocycles. The van der Waals surface area contributed by atoms with Crippen molar-refractivity contribution in [3.8, 4) is 0 Å². The molecule has 1 heteroatoms. The lowest BCUT2D eigenvalue weighted by Gasteiger charge is -2.10. The van der Waals surface area contributed by atoms with E-state index in [9.17, 15) is 0 Å². The van der Waals surface area contributed by atoms with Crippen molar-refractivity contribution in [2.45, 2.75) is 5.88 Å². The van der Waals surface area contributed by atoms with Gasteiger partial charge in [-0.3, -0.25) is 0 Å². The first-order valence-corrected chi connectivity index (χ1v) is 3.80. The van der Waals surface area contributed by atoms with E-state index in [1.807, 2.05) is 0 Å². The Balaban J connectivity index is 2.46. The predicted octanol–water partition coefficient (Wildman–Crippen LogP) is 2.91. The van der Waals surface area contributed by atoms with Crippen LogP contribution in [0.5, 0.6) is 0 Å². The monoisotopic (exact) mass is 150 g/mol. The van der Waals surface area contributed by atoms with Crippen LogP contribution in [0.4, 0.5) is 0 Å². The summed E-state index contributed by atoms with van der Waals surface area (Å²) >= 11 is 5.65. The third kappa shape index (κ3) is 0.764. The molecule has 0 atom stereocenters. The Morgan fingerprint density at radius 1 is 1.10 bits per heavy atom. The Morgan fingerprint density at radius 3 is 2.40 bits per heavy atom. The number of alkyl halides is 1. The van der Waals surface area contributed by atoms with Gasteiger partial charge in [-0.2, -0.15) is 0 Å². The minimum absolute atomic E-state index is 0.612. The summed E-state index contributed by atoms with van der Waals surface area (Å²) < 4.78 is 0. The maximum atomic E-state index is 5.65. The smallest absolute Gasteiger partial charge is 0.0474 e. The highest BCUT2D eigenvalue weighted by molar-refractivity contribution is 6.17. The fourth-order valence-corrected chi connectivity index (χ4v) is 1.25. The van der Waals surface area contributed by atoms with Crippen molar-refractivity contribution in [1.82, 2.24) is 0 Å². The Kier molecular flexibility index (Phi) is 1.28. The quantitative estimate of drug-likeness (QED) is 0.549. The molecule has 0 heterocycles. The molecule has 0 aliphatic heterocycles. The highest BCUT2D eigenvalue weighted by Crippen LogP contribution is 2.24. The predicted molar refractivity (Wildman–Crippen MR) is 44.9 cm³/mol. The van der Waals surface area contributed by atoms with Gasteiger partial charge in [-0.15, -0.1) is 11.6 Å². The molecular weight excluding hydrogens is 144 g/mol. The van der Waals surface area contributed by atoms with E-state index < -0.39 is 0 Å². The highest BCUT2D eigenvalue weighted by Gasteiger charge is 2.04. The zero-order chi connectivity index (χ0) is 6.97. The van der Waals surface area contributed by atoms with E-state index in [4.69, 9.17) is 11.6 Å². The summed E-state index contributed by atoms with van der Waals surface area (Å²) in [6.07, 6.45) is 4.21. The fourth-order valence-electron chi connectivity index (χ4n) is 1.09. The third-order valence-electron chi connectivity index (χ3n) is 1.75. The summed E-state index contributed by atoms with van der Waals surface area (Å²) in [5, 5.41) is 0. The molecule has 0 N–H and O–H groups in total. The van der Waals surface area contributed by atoms with Crippen molar-refractivity contribution in [3.05, 3.63) is 34.9 Å². The first-order chi connectivity index (χ1) is 4.90. The van der Waals surface area contributed by atoms with Crippen molar-refractivity contribution >= 4 is 23.8 Å². The van der Waals surface area contributed by atoms with Gasteiger partial charge in [-0.05, 0) is 22.8 Å². The van der Waals surface area contributed by atoms with E-state index in [1.165, 1.54) is 16.7 Å². The maximum absolute atomic E-state index is 5.65. The molecule has 0 saturated carbocycles. The second-order valence-electron chi connectivity index (χ2n) is 2.43. The molecule has 0 bridgehead atoms. The van der Waals surface area contributed by atoms with E-state index in [0.717, 1.165) is 0 Å². The van der Waals surface area contributed by atoms with Crippen molar-refractivity contribution in [2.24, 2.45) is 0 Å². The summed E-state index contributed by atoms with van der Waals surface area (Å²) in [5.41, 5.74) is 3.84. The molecule has 10 heavy (non-hydrogen) atoms. The van der Waals surface area contributed by atoms with Gasteiger partial charge in [0.05, 0.1) is 0 Å². The van der Waals surface area contributed by atoms with Crippen LogP contribution in [-0.2, 0) is 5.88 Å². The molecule has 0 nitrogen and oxygen atoms in total. The van der Waals surface area contributed by atoms with Gasteiger partial charge in [0.25, 0.3) is 0 Å². The Hall–Kier alpha value is -0.750. The van der Waals surface area contributed by atoms with Crippen LogP contribution in [0.15, 0.2) is 18.2 Å². The van der Waals surface area contributed by atoms with Gasteiger partial charge in [0.15, 0.2) is 0 Å². The molecule has 1 aliphatic rings. The van der Waals surface area contributed by atoms with E-state index in [0.29, 0.717) is 5.88 Å². The molecule has 0 radical (unpaired) electrons. The molecule has 0 aromatic heterocycles. The van der Waals surface area contributed by atoms with Gasteiger partial charge in [0, 0.05) is 5.88 Å². The molecule has 1 aromatic rings. The lowest BCUT2D eigenvalue weighted by molar-refractivity contribution is 1.38. The summed E-state index contributed by atoms with van der Waals surface area (Å²) in [6.45, 7) is 0. The van der Waals surface area contributed by atoms with Crippen LogP contribution in [0.3, 0.4) is 0 Å². The van der Waals surface area contributed by atoms with Crippen LogP contribution in [-0.4, -0.2) is 0 Å². The average Bonchev–Trinajstić information content (AvgIpc) is 1.92. The van der Waals surface area contributed by atoms with Gasteiger partial charge in [0.1, 0.15) is 0 Å². The SMILES string of the molecule is ClCc1ccc2c(c1)C=C2. The Morgan fingerprint density at radius 2 is 1.90 bits per heavy atom. The topological polar surface area (TPSA) is 0 Å². The van der Waals surface area contributed by atoms with Crippen molar-refractivity contribution < 1.29 is 0 Å². The molecule has 0 amide bonds. The second-order valence-corrected chi connectivity index (χ2v) is 2.70. The largest absolute Gasteiger partial charge is 0.122 e. The summed E-state index contributed by atoms with van der Waals surface area (Å²) in [4.78, 5) is 0. The van der Waals surface area contributed by atoms with Gasteiger partial charge in [-0.1, -0.05) is 24.3 Å². The van der Waals surface area contributed by atoms with Crippen LogP contribution in [0, 0.1) is 0 Å². The van der Waals surface area contributed by atoms with Crippen molar-refractivity contribution in [2.75, 3.05) is 0 Å². The molecule has 1 aliphatic carbocycles.